The first kappa shape index (κ1) is 28.7. The molecule has 0 aliphatic rings. The molecular formula is C24H34FNO6. The molecule has 1 atom stereocenters. The molecule has 0 heterocycles. The van der Waals surface area contributed by atoms with Gasteiger partial charge in [0.1, 0.15) is 35.6 Å². The number of hydrogen-bond acceptors (Lipinski definition) is 6. The van der Waals surface area contributed by atoms with Crippen molar-refractivity contribution in [3.8, 4) is 5.75 Å². The van der Waals surface area contributed by atoms with Gasteiger partial charge < -0.3 is 24.6 Å². The van der Waals surface area contributed by atoms with Crippen molar-refractivity contribution in [3.63, 3.8) is 0 Å². The second-order valence-electron chi connectivity index (χ2n) is 7.58. The van der Waals surface area contributed by atoms with Crippen molar-refractivity contribution in [3.05, 3.63) is 66.7 Å². The number of alkyl carbamates (subject to hydrolysis) is 1. The van der Waals surface area contributed by atoms with Gasteiger partial charge in [0.05, 0.1) is 6.61 Å². The van der Waals surface area contributed by atoms with Gasteiger partial charge in [-0.3, -0.25) is 4.79 Å². The molecule has 7 nitrogen and oxygen atoms in total. The Labute approximate surface area is 189 Å². The average molecular weight is 452 g/mol. The second kappa shape index (κ2) is 14.7. The molecule has 0 saturated heterocycles. The zero-order valence-electron chi connectivity index (χ0n) is 19.4. The van der Waals surface area contributed by atoms with E-state index in [4.69, 9.17) is 19.3 Å². The number of aliphatic hydroxyl groups excluding tert-OH is 1. The average Bonchev–Trinajstić information content (AvgIpc) is 2.68. The molecule has 1 aromatic carbocycles. The van der Waals surface area contributed by atoms with Gasteiger partial charge in [-0.2, -0.15) is 0 Å². The van der Waals surface area contributed by atoms with E-state index >= 15 is 0 Å². The number of carbonyl (C=O) groups is 2. The van der Waals surface area contributed by atoms with E-state index in [9.17, 15) is 14.0 Å². The zero-order chi connectivity index (χ0) is 24.7. The summed E-state index contributed by atoms with van der Waals surface area (Å²) in [7, 11) is 0. The van der Waals surface area contributed by atoms with Crippen LogP contribution in [0.15, 0.2) is 55.3 Å². The van der Waals surface area contributed by atoms with Crippen molar-refractivity contribution in [1.82, 2.24) is 5.32 Å². The number of aliphatic hydroxyl groups is 1. The lowest BCUT2D eigenvalue weighted by molar-refractivity contribution is -0.147. The first-order valence-electron chi connectivity index (χ1n) is 10.1. The summed E-state index contributed by atoms with van der Waals surface area (Å²) < 4.78 is 29.0. The Morgan fingerprint density at radius 2 is 1.94 bits per heavy atom. The van der Waals surface area contributed by atoms with Gasteiger partial charge in [0.25, 0.3) is 0 Å². The molecule has 2 N–H and O–H groups in total. The summed E-state index contributed by atoms with van der Waals surface area (Å²) in [5.41, 5.74) is 0.100. The van der Waals surface area contributed by atoms with Gasteiger partial charge in [0, 0.05) is 12.5 Å². The number of amides is 1. The van der Waals surface area contributed by atoms with Crippen LogP contribution in [0.2, 0.25) is 0 Å². The first-order chi connectivity index (χ1) is 14.9. The highest BCUT2D eigenvalue weighted by molar-refractivity contribution is 5.78. The number of nitrogens with one attached hydrogen (secondary N) is 1. The quantitative estimate of drug-likeness (QED) is 0.311. The lowest BCUT2D eigenvalue weighted by atomic mass is 10.1. The minimum atomic E-state index is -0.686. The van der Waals surface area contributed by atoms with Crippen LogP contribution in [0.3, 0.4) is 0 Å². The van der Waals surface area contributed by atoms with E-state index in [1.54, 1.807) is 40.7 Å². The van der Waals surface area contributed by atoms with Gasteiger partial charge in [-0.25, -0.2) is 9.18 Å². The number of rotatable bonds is 9. The SMILES string of the molecule is C=C/C=C(/O)C=C.CCOc1cc(F)ccc1CC(C)OC(=O)CNC(=O)OC(C)(C)C. The third kappa shape index (κ3) is 13.8. The van der Waals surface area contributed by atoms with Crippen LogP contribution in [0.5, 0.6) is 5.75 Å². The minimum absolute atomic E-state index is 0.148. The number of hydrogen-bond donors (Lipinski definition) is 2. The summed E-state index contributed by atoms with van der Waals surface area (Å²) in [4.78, 5) is 23.3. The van der Waals surface area contributed by atoms with Crippen molar-refractivity contribution >= 4 is 12.1 Å². The van der Waals surface area contributed by atoms with Crippen LogP contribution in [0, 0.1) is 5.82 Å². The van der Waals surface area contributed by atoms with E-state index < -0.39 is 29.6 Å². The Morgan fingerprint density at radius 3 is 2.44 bits per heavy atom. The summed E-state index contributed by atoms with van der Waals surface area (Å²) in [5.74, 6) is -0.399. The van der Waals surface area contributed by atoms with Crippen LogP contribution in [-0.4, -0.2) is 42.0 Å². The lowest BCUT2D eigenvalue weighted by Gasteiger charge is -2.20. The van der Waals surface area contributed by atoms with Crippen molar-refractivity contribution < 1.29 is 33.3 Å². The fraction of sp³-hybridized carbons (Fsp3) is 0.417. The topological polar surface area (TPSA) is 94.1 Å². The molecular weight excluding hydrogens is 417 g/mol. The van der Waals surface area contributed by atoms with E-state index in [2.05, 4.69) is 18.5 Å². The van der Waals surface area contributed by atoms with Crippen LogP contribution in [0.25, 0.3) is 0 Å². The highest BCUT2D eigenvalue weighted by Gasteiger charge is 2.18. The Balaban J connectivity index is 0.00000118. The van der Waals surface area contributed by atoms with Crippen LogP contribution in [0.1, 0.15) is 40.2 Å². The van der Waals surface area contributed by atoms with Crippen LogP contribution >= 0.6 is 0 Å². The van der Waals surface area contributed by atoms with E-state index in [-0.39, 0.29) is 12.3 Å². The predicted octanol–water partition coefficient (Wildman–Crippen LogP) is 5.02. The van der Waals surface area contributed by atoms with E-state index in [1.165, 1.54) is 30.4 Å². The highest BCUT2D eigenvalue weighted by Crippen LogP contribution is 2.22. The fourth-order valence-corrected chi connectivity index (χ4v) is 2.25. The molecule has 178 valence electrons. The molecule has 0 radical (unpaired) electrons. The molecule has 1 amide bonds. The largest absolute Gasteiger partial charge is 0.508 e. The number of allylic oxidation sites excluding steroid dienone is 3. The maximum Gasteiger partial charge on any atom is 0.408 e. The van der Waals surface area contributed by atoms with E-state index in [1.807, 2.05) is 0 Å². The van der Waals surface area contributed by atoms with Gasteiger partial charge in [0.2, 0.25) is 0 Å². The van der Waals surface area contributed by atoms with E-state index in [0.717, 1.165) is 5.56 Å². The summed E-state index contributed by atoms with van der Waals surface area (Å²) >= 11 is 0. The second-order valence-corrected chi connectivity index (χ2v) is 7.58. The Morgan fingerprint density at radius 1 is 1.28 bits per heavy atom. The third-order valence-electron chi connectivity index (χ3n) is 3.44. The molecule has 0 aliphatic carbocycles. The Hall–Kier alpha value is -3.29. The number of esters is 1. The van der Waals surface area contributed by atoms with Crippen molar-refractivity contribution in [2.45, 2.75) is 52.7 Å². The lowest BCUT2D eigenvalue weighted by Crippen LogP contribution is -2.36. The molecule has 1 rings (SSSR count). The molecule has 0 bridgehead atoms. The molecule has 0 aliphatic heterocycles. The molecule has 0 saturated carbocycles. The number of halogens is 1. The van der Waals surface area contributed by atoms with Gasteiger partial charge in [-0.15, -0.1) is 0 Å². The number of ether oxygens (including phenoxy) is 3. The van der Waals surface area contributed by atoms with Gasteiger partial charge in [0.15, 0.2) is 0 Å². The van der Waals surface area contributed by atoms with Gasteiger partial charge in [-0.05, 0) is 58.4 Å². The minimum Gasteiger partial charge on any atom is -0.508 e. The predicted molar refractivity (Wildman–Crippen MR) is 122 cm³/mol. The molecule has 1 unspecified atom stereocenters. The van der Waals surface area contributed by atoms with Gasteiger partial charge in [-0.1, -0.05) is 25.3 Å². The monoisotopic (exact) mass is 451 g/mol. The highest BCUT2D eigenvalue weighted by atomic mass is 19.1. The van der Waals surface area contributed by atoms with Crippen LogP contribution < -0.4 is 10.1 Å². The van der Waals surface area contributed by atoms with E-state index in [0.29, 0.717) is 18.8 Å². The molecule has 8 heteroatoms. The summed E-state index contributed by atoms with van der Waals surface area (Å²) in [5, 5.41) is 10.9. The summed E-state index contributed by atoms with van der Waals surface area (Å²) in [6.45, 7) is 15.5. The smallest absolute Gasteiger partial charge is 0.408 e. The molecule has 0 fully saturated rings. The molecule has 0 aromatic heterocycles. The first-order valence-corrected chi connectivity index (χ1v) is 10.1. The van der Waals surface area contributed by atoms with Crippen LogP contribution in [0.4, 0.5) is 9.18 Å². The van der Waals surface area contributed by atoms with Crippen molar-refractivity contribution in [1.29, 1.82) is 0 Å². The standard InChI is InChI=1S/C18H26FNO5.C6H8O/c1-6-23-15-10-14(19)8-7-13(15)9-12(2)24-16(21)11-20-17(22)25-18(3,4)5;1-3-5-6(7)4-2/h7-8,10,12H,6,9,11H2,1-5H3,(H,20,22);3-5,7H,1-2H2/b;6-5+. The van der Waals surface area contributed by atoms with Gasteiger partial charge >= 0.3 is 12.1 Å². The third-order valence-corrected chi connectivity index (χ3v) is 3.44. The normalized spacial score (nSPS) is 11.9. The maximum atomic E-state index is 13.3. The summed E-state index contributed by atoms with van der Waals surface area (Å²) in [6.07, 6.45) is 3.53. The Bertz CT molecular complexity index is 798. The summed E-state index contributed by atoms with van der Waals surface area (Å²) in [6, 6.07) is 4.23. The number of benzene rings is 1. The molecule has 1 aromatic rings. The van der Waals surface area contributed by atoms with Crippen molar-refractivity contribution in [2.24, 2.45) is 0 Å². The molecule has 32 heavy (non-hydrogen) atoms. The molecule has 0 spiro atoms. The van der Waals surface area contributed by atoms with Crippen LogP contribution in [-0.2, 0) is 20.7 Å². The number of carbonyl (C=O) groups excluding carboxylic acids is 2. The maximum absolute atomic E-state index is 13.3. The van der Waals surface area contributed by atoms with Crippen molar-refractivity contribution in [2.75, 3.05) is 13.2 Å². The Kier molecular flexibility index (Phi) is 13.2. The fourth-order valence-electron chi connectivity index (χ4n) is 2.25. The zero-order valence-corrected chi connectivity index (χ0v) is 19.4.